The number of carbonyl (C=O) groups excluding carboxylic acids is 2. The summed E-state index contributed by atoms with van der Waals surface area (Å²) < 4.78 is 39.9. The summed E-state index contributed by atoms with van der Waals surface area (Å²) in [5.74, 6) is -4.18. The van der Waals surface area contributed by atoms with Crippen LogP contribution in [0.5, 0.6) is 0 Å². The van der Waals surface area contributed by atoms with Crippen LogP contribution >= 0.6 is 0 Å². The highest BCUT2D eigenvalue weighted by atomic mass is 19.3. The van der Waals surface area contributed by atoms with E-state index in [9.17, 15) is 27.9 Å². The predicted molar refractivity (Wildman–Crippen MR) is 102 cm³/mol. The third kappa shape index (κ3) is 4.21. The lowest BCUT2D eigenvalue weighted by molar-refractivity contribution is -0.128. The molecular weight excluding hydrogens is 399 g/mol. The summed E-state index contributed by atoms with van der Waals surface area (Å²) in [5.41, 5.74) is 2.76. The fourth-order valence-corrected chi connectivity index (χ4v) is 3.96. The van der Waals surface area contributed by atoms with Gasteiger partial charge in [0.05, 0.1) is 0 Å². The van der Waals surface area contributed by atoms with E-state index in [1.165, 1.54) is 12.1 Å². The summed E-state index contributed by atoms with van der Waals surface area (Å²) in [6.45, 7) is 0.0890. The zero-order valence-corrected chi connectivity index (χ0v) is 16.1. The molecule has 2 fully saturated rings. The van der Waals surface area contributed by atoms with E-state index in [2.05, 4.69) is 15.6 Å². The molecule has 30 heavy (non-hydrogen) atoms. The van der Waals surface area contributed by atoms with Gasteiger partial charge in [-0.2, -0.15) is 0 Å². The smallest absolute Gasteiger partial charge is 0.249 e. The van der Waals surface area contributed by atoms with Crippen molar-refractivity contribution in [3.05, 3.63) is 47.4 Å². The van der Waals surface area contributed by atoms with Crippen LogP contribution in [0, 0.1) is 5.82 Å². The van der Waals surface area contributed by atoms with Crippen molar-refractivity contribution in [1.29, 1.82) is 0 Å². The molecule has 2 heterocycles. The molecule has 4 rings (SSSR count). The number of aromatic nitrogens is 1. The highest BCUT2D eigenvalue weighted by molar-refractivity contribution is 5.90. The van der Waals surface area contributed by atoms with Crippen molar-refractivity contribution in [1.82, 2.24) is 15.6 Å². The molecule has 2 aromatic rings. The Morgan fingerprint density at radius 3 is 2.53 bits per heavy atom. The lowest BCUT2D eigenvalue weighted by Crippen LogP contribution is -2.45. The fraction of sp³-hybridized carbons (Fsp3) is 0.429. The van der Waals surface area contributed by atoms with E-state index in [4.69, 9.17) is 0 Å². The molecule has 160 valence electrons. The van der Waals surface area contributed by atoms with Gasteiger partial charge in [-0.25, -0.2) is 13.2 Å². The molecule has 4 N–H and O–H groups in total. The second-order valence-electron chi connectivity index (χ2n) is 7.95. The van der Waals surface area contributed by atoms with Crippen LogP contribution in [0.25, 0.3) is 11.3 Å². The van der Waals surface area contributed by atoms with Gasteiger partial charge in [-0.3, -0.25) is 9.59 Å². The molecule has 1 saturated heterocycles. The second-order valence-corrected chi connectivity index (χ2v) is 7.95. The van der Waals surface area contributed by atoms with Crippen molar-refractivity contribution >= 4 is 11.8 Å². The number of alkyl halides is 2. The van der Waals surface area contributed by atoms with Gasteiger partial charge in [0.15, 0.2) is 0 Å². The Labute approximate surface area is 170 Å². The summed E-state index contributed by atoms with van der Waals surface area (Å²) >= 11 is 0. The number of amides is 2. The van der Waals surface area contributed by atoms with E-state index in [1.807, 2.05) is 0 Å². The predicted octanol–water partition coefficient (Wildman–Crippen LogP) is 2.24. The zero-order valence-electron chi connectivity index (χ0n) is 16.1. The van der Waals surface area contributed by atoms with E-state index in [0.717, 1.165) is 5.56 Å². The van der Waals surface area contributed by atoms with E-state index in [-0.39, 0.29) is 31.7 Å². The van der Waals surface area contributed by atoms with Crippen molar-refractivity contribution in [2.75, 3.05) is 6.54 Å². The molecule has 0 radical (unpaired) electrons. The van der Waals surface area contributed by atoms with Crippen LogP contribution in [-0.2, 0) is 16.0 Å². The first-order valence-corrected chi connectivity index (χ1v) is 9.82. The zero-order chi connectivity index (χ0) is 21.5. The maximum absolute atomic E-state index is 13.3. The van der Waals surface area contributed by atoms with Crippen molar-refractivity contribution < 1.29 is 27.9 Å². The average Bonchev–Trinajstić information content (AvgIpc) is 3.23. The molecule has 1 aromatic carbocycles. The van der Waals surface area contributed by atoms with Crippen LogP contribution in [0.2, 0.25) is 0 Å². The van der Waals surface area contributed by atoms with Crippen LogP contribution < -0.4 is 10.6 Å². The summed E-state index contributed by atoms with van der Waals surface area (Å²) in [6.07, 6.45) is -1.10. The molecular formula is C21H22F3N3O3. The Morgan fingerprint density at radius 2 is 1.93 bits per heavy atom. The maximum atomic E-state index is 13.3. The molecule has 1 aromatic heterocycles. The van der Waals surface area contributed by atoms with Gasteiger partial charge in [-0.15, -0.1) is 0 Å². The summed E-state index contributed by atoms with van der Waals surface area (Å²) in [6, 6.07) is 6.59. The molecule has 2 aliphatic rings. The van der Waals surface area contributed by atoms with Crippen molar-refractivity contribution in [3.63, 3.8) is 0 Å². The first kappa shape index (κ1) is 20.5. The molecule has 6 nitrogen and oxygen atoms in total. The van der Waals surface area contributed by atoms with Crippen LogP contribution in [0.15, 0.2) is 30.3 Å². The standard InChI is InChI=1S/C21H22F3N3O3/c22-14-4-1-11(2-5-14)18-12(7-15(26-18)13-8-21(23,24)9-13)3-6-17(29)27-19-16(28)10-25-20(19)30/h1-2,4-5,7,13,16,19,26,28H,3,6,8-10H2,(H,25,30)(H,27,29)/t16-,19+/m1/s1. The summed E-state index contributed by atoms with van der Waals surface area (Å²) in [4.78, 5) is 27.1. The van der Waals surface area contributed by atoms with Gasteiger partial charge in [0.1, 0.15) is 18.0 Å². The number of carbonyl (C=O) groups is 2. The topological polar surface area (TPSA) is 94.2 Å². The Morgan fingerprint density at radius 1 is 1.23 bits per heavy atom. The average molecular weight is 421 g/mol. The number of aliphatic hydroxyl groups is 1. The number of aliphatic hydroxyl groups excluding tert-OH is 1. The van der Waals surface area contributed by atoms with Crippen molar-refractivity contribution in [2.45, 2.75) is 49.7 Å². The molecule has 1 aliphatic carbocycles. The molecule has 0 spiro atoms. The van der Waals surface area contributed by atoms with Crippen molar-refractivity contribution in [2.24, 2.45) is 0 Å². The van der Waals surface area contributed by atoms with Crippen LogP contribution in [0.1, 0.15) is 36.4 Å². The first-order chi connectivity index (χ1) is 14.2. The molecule has 9 heteroatoms. The van der Waals surface area contributed by atoms with Gasteiger partial charge in [-0.1, -0.05) is 0 Å². The van der Waals surface area contributed by atoms with Crippen LogP contribution in [0.3, 0.4) is 0 Å². The normalized spacial score (nSPS) is 23.1. The fourth-order valence-electron chi connectivity index (χ4n) is 3.96. The number of H-pyrrole nitrogens is 1. The molecule has 1 saturated carbocycles. The highest BCUT2D eigenvalue weighted by Crippen LogP contribution is 2.48. The Hall–Kier alpha value is -2.81. The van der Waals surface area contributed by atoms with Gasteiger partial charge in [0.25, 0.3) is 0 Å². The lowest BCUT2D eigenvalue weighted by Gasteiger charge is -2.34. The van der Waals surface area contributed by atoms with Gasteiger partial charge < -0.3 is 20.7 Å². The molecule has 1 aliphatic heterocycles. The molecule has 0 unspecified atom stereocenters. The quantitative estimate of drug-likeness (QED) is 0.576. The minimum absolute atomic E-state index is 0.0445. The number of hydrogen-bond acceptors (Lipinski definition) is 3. The second kappa shape index (κ2) is 7.79. The van der Waals surface area contributed by atoms with E-state index < -0.39 is 35.7 Å². The number of hydrogen-bond donors (Lipinski definition) is 4. The SMILES string of the molecule is O=C(CCc1cc(C2CC(F)(F)C2)[nH]c1-c1ccc(F)cc1)N[C@@H]1C(=O)NC[C@H]1O. The van der Waals surface area contributed by atoms with Gasteiger partial charge in [0.2, 0.25) is 17.7 Å². The lowest BCUT2D eigenvalue weighted by atomic mass is 9.79. The highest BCUT2D eigenvalue weighted by Gasteiger charge is 2.46. The van der Waals surface area contributed by atoms with Gasteiger partial charge in [0, 0.05) is 43.1 Å². The molecule has 0 bridgehead atoms. The number of β-amino-alcohol motifs (C(OH)–C–C–N with tert-alkyl or cyclic N) is 1. The minimum Gasteiger partial charge on any atom is -0.389 e. The third-order valence-corrected chi connectivity index (χ3v) is 5.67. The number of aryl methyl sites for hydroxylation is 1. The van der Waals surface area contributed by atoms with Crippen LogP contribution in [-0.4, -0.2) is 46.5 Å². The third-order valence-electron chi connectivity index (χ3n) is 5.67. The van der Waals surface area contributed by atoms with Gasteiger partial charge >= 0.3 is 0 Å². The number of benzene rings is 1. The Balaban J connectivity index is 1.49. The molecule has 2 amide bonds. The number of aromatic amines is 1. The number of halogens is 3. The molecule has 2 atom stereocenters. The first-order valence-electron chi connectivity index (χ1n) is 9.82. The van der Waals surface area contributed by atoms with Gasteiger partial charge in [-0.05, 0) is 47.9 Å². The summed E-state index contributed by atoms with van der Waals surface area (Å²) in [5, 5.41) is 14.7. The Bertz CT molecular complexity index is 950. The van der Waals surface area contributed by atoms with E-state index in [0.29, 0.717) is 23.4 Å². The van der Waals surface area contributed by atoms with E-state index in [1.54, 1.807) is 18.2 Å². The van der Waals surface area contributed by atoms with E-state index >= 15 is 0 Å². The largest absolute Gasteiger partial charge is 0.389 e. The van der Waals surface area contributed by atoms with Crippen LogP contribution in [0.4, 0.5) is 13.2 Å². The minimum atomic E-state index is -2.66. The monoisotopic (exact) mass is 421 g/mol. The number of rotatable bonds is 6. The Kier molecular flexibility index (Phi) is 5.31. The summed E-state index contributed by atoms with van der Waals surface area (Å²) in [7, 11) is 0. The maximum Gasteiger partial charge on any atom is 0.249 e. The van der Waals surface area contributed by atoms with Crippen molar-refractivity contribution in [3.8, 4) is 11.3 Å². The number of nitrogens with one attached hydrogen (secondary N) is 3.